The van der Waals surface area contributed by atoms with Crippen LogP contribution in [-0.2, 0) is 10.0 Å². The first-order valence-electron chi connectivity index (χ1n) is 5.82. The number of aromatic nitrogens is 1. The zero-order chi connectivity index (χ0) is 16.5. The summed E-state index contributed by atoms with van der Waals surface area (Å²) in [5.74, 6) is -0.415. The number of nitrogens with zero attached hydrogens (tertiary/aromatic N) is 1. The van der Waals surface area contributed by atoms with Crippen molar-refractivity contribution < 1.29 is 21.9 Å². The van der Waals surface area contributed by atoms with Crippen LogP contribution in [0, 0.1) is 24.0 Å². The van der Waals surface area contributed by atoms with Crippen LogP contribution in [0.25, 0.3) is 11.1 Å². The second kappa shape index (κ2) is 5.71. The van der Waals surface area contributed by atoms with Gasteiger partial charge in [0.1, 0.15) is 11.6 Å². The van der Waals surface area contributed by atoms with E-state index in [-0.39, 0.29) is 17.0 Å². The monoisotopic (exact) mass is 324 g/mol. The molecule has 0 aliphatic heterocycles. The maximum absolute atomic E-state index is 14.3. The minimum Gasteiger partial charge on any atom is -0.480 e. The van der Waals surface area contributed by atoms with E-state index < -0.39 is 32.1 Å². The van der Waals surface area contributed by atoms with Crippen LogP contribution >= 0.6 is 0 Å². The Morgan fingerprint density at radius 2 is 1.95 bits per heavy atom. The van der Waals surface area contributed by atoms with Crippen molar-refractivity contribution >= 4 is 10.0 Å². The third-order valence-corrected chi connectivity index (χ3v) is 3.84. The number of nitrogens with two attached hydrogens (primary N) is 1. The van der Waals surface area contributed by atoms with Gasteiger partial charge in [0.15, 0.2) is 4.90 Å². The van der Waals surface area contributed by atoms with E-state index in [4.69, 9.17) is 16.3 Å². The lowest BCUT2D eigenvalue weighted by molar-refractivity contribution is 0.385. The van der Waals surface area contributed by atoms with E-state index in [1.54, 1.807) is 0 Å². The molecular formula is C14H10F2N2O3S. The molecule has 1 aromatic heterocycles. The van der Waals surface area contributed by atoms with Crippen molar-refractivity contribution in [2.75, 3.05) is 7.11 Å². The molecule has 2 aromatic rings. The number of sulfonamides is 1. The van der Waals surface area contributed by atoms with Crippen molar-refractivity contribution in [3.8, 4) is 29.4 Å². The molecular weight excluding hydrogens is 314 g/mol. The van der Waals surface area contributed by atoms with Crippen molar-refractivity contribution in [1.29, 1.82) is 0 Å². The smallest absolute Gasteiger partial charge is 0.244 e. The fraction of sp³-hybridized carbons (Fsp3) is 0.0714. The molecule has 0 saturated carbocycles. The molecule has 0 bridgehead atoms. The molecule has 0 atom stereocenters. The van der Waals surface area contributed by atoms with E-state index in [9.17, 15) is 17.2 Å². The summed E-state index contributed by atoms with van der Waals surface area (Å²) in [6.07, 6.45) is 6.28. The number of terminal acetylenes is 1. The molecule has 5 nitrogen and oxygen atoms in total. The number of primary sulfonamides is 1. The predicted octanol–water partition coefficient (Wildman–Crippen LogP) is 1.66. The molecule has 0 aliphatic rings. The highest BCUT2D eigenvalue weighted by Gasteiger charge is 2.25. The van der Waals surface area contributed by atoms with Gasteiger partial charge in [-0.2, -0.15) is 0 Å². The summed E-state index contributed by atoms with van der Waals surface area (Å²) in [7, 11) is -3.08. The Kier molecular flexibility index (Phi) is 4.12. The molecule has 0 unspecified atom stereocenters. The summed E-state index contributed by atoms with van der Waals surface area (Å²) in [5, 5.41) is 5.14. The first-order valence-corrected chi connectivity index (χ1v) is 7.36. The quantitative estimate of drug-likeness (QED) is 0.871. The molecule has 2 rings (SSSR count). The lowest BCUT2D eigenvalue weighted by Gasteiger charge is -2.12. The van der Waals surface area contributed by atoms with Crippen LogP contribution in [0.5, 0.6) is 5.88 Å². The van der Waals surface area contributed by atoms with Gasteiger partial charge in [0, 0.05) is 17.3 Å². The van der Waals surface area contributed by atoms with Crippen LogP contribution in [0.4, 0.5) is 8.78 Å². The zero-order valence-corrected chi connectivity index (χ0v) is 12.1. The van der Waals surface area contributed by atoms with E-state index in [0.717, 1.165) is 12.1 Å². The molecule has 8 heteroatoms. The topological polar surface area (TPSA) is 82.3 Å². The van der Waals surface area contributed by atoms with Crippen LogP contribution < -0.4 is 9.88 Å². The lowest BCUT2D eigenvalue weighted by Crippen LogP contribution is -2.16. The molecule has 0 saturated heterocycles. The average Bonchev–Trinajstić information content (AvgIpc) is 2.46. The normalized spacial score (nSPS) is 11.0. The average molecular weight is 324 g/mol. The molecule has 22 heavy (non-hydrogen) atoms. The number of halogens is 2. The Labute approximate surface area is 125 Å². The highest BCUT2D eigenvalue weighted by molar-refractivity contribution is 7.89. The highest BCUT2D eigenvalue weighted by Crippen LogP contribution is 2.34. The second-order valence-corrected chi connectivity index (χ2v) is 5.67. The fourth-order valence-corrected chi connectivity index (χ4v) is 2.82. The van der Waals surface area contributed by atoms with E-state index in [2.05, 4.69) is 4.98 Å². The van der Waals surface area contributed by atoms with Gasteiger partial charge in [0.05, 0.1) is 12.7 Å². The van der Waals surface area contributed by atoms with Gasteiger partial charge >= 0.3 is 0 Å². The predicted molar refractivity (Wildman–Crippen MR) is 75.4 cm³/mol. The van der Waals surface area contributed by atoms with E-state index >= 15 is 0 Å². The largest absolute Gasteiger partial charge is 0.480 e. The Bertz CT molecular complexity index is 890. The van der Waals surface area contributed by atoms with E-state index in [0.29, 0.717) is 0 Å². The standard InChI is InChI=1S/C14H10F2N2O3S/c1-3-8-11(15)5-4-9(12(8)16)10-6-7-18-14(21-2)13(10)22(17,19)20/h1,4-7H,2H3,(H2,17,19,20). The number of hydrogen-bond acceptors (Lipinski definition) is 4. The van der Waals surface area contributed by atoms with Gasteiger partial charge in [-0.15, -0.1) is 6.42 Å². The van der Waals surface area contributed by atoms with Gasteiger partial charge in [-0.25, -0.2) is 27.3 Å². The Morgan fingerprint density at radius 1 is 1.27 bits per heavy atom. The number of methoxy groups -OCH3 is 1. The third-order valence-electron chi connectivity index (χ3n) is 2.88. The summed E-state index contributed by atoms with van der Waals surface area (Å²) < 4.78 is 56.2. The Morgan fingerprint density at radius 3 is 2.50 bits per heavy atom. The number of pyridine rings is 1. The second-order valence-electron chi connectivity index (χ2n) is 4.17. The SMILES string of the molecule is C#Cc1c(F)ccc(-c2ccnc(OC)c2S(N)(=O)=O)c1F. The van der Waals surface area contributed by atoms with E-state index in [1.165, 1.54) is 19.4 Å². The zero-order valence-electron chi connectivity index (χ0n) is 11.3. The van der Waals surface area contributed by atoms with Crippen LogP contribution in [-0.4, -0.2) is 20.5 Å². The highest BCUT2D eigenvalue weighted by atomic mass is 32.2. The fourth-order valence-electron chi connectivity index (χ4n) is 1.95. The van der Waals surface area contributed by atoms with Crippen molar-refractivity contribution in [3.05, 3.63) is 41.6 Å². The molecule has 0 spiro atoms. The third kappa shape index (κ3) is 2.64. The molecule has 2 N–H and O–H groups in total. The number of benzene rings is 1. The molecule has 1 aromatic carbocycles. The van der Waals surface area contributed by atoms with Crippen LogP contribution in [0.15, 0.2) is 29.3 Å². The minimum absolute atomic E-state index is 0.122. The summed E-state index contributed by atoms with van der Waals surface area (Å²) in [5.41, 5.74) is -0.948. The summed E-state index contributed by atoms with van der Waals surface area (Å²) in [6, 6.07) is 3.22. The molecule has 0 aliphatic carbocycles. The first-order chi connectivity index (χ1) is 10.3. The van der Waals surface area contributed by atoms with Gasteiger partial charge in [-0.3, -0.25) is 0 Å². The number of ether oxygens (including phenoxy) is 1. The molecule has 0 amide bonds. The molecule has 0 fully saturated rings. The first kappa shape index (κ1) is 15.9. The lowest BCUT2D eigenvalue weighted by atomic mass is 10.0. The van der Waals surface area contributed by atoms with Crippen LogP contribution in [0.1, 0.15) is 5.56 Å². The van der Waals surface area contributed by atoms with Gasteiger partial charge in [-0.1, -0.05) is 5.92 Å². The minimum atomic E-state index is -4.27. The van der Waals surface area contributed by atoms with Crippen molar-refractivity contribution in [3.63, 3.8) is 0 Å². The van der Waals surface area contributed by atoms with Crippen LogP contribution in [0.3, 0.4) is 0 Å². The van der Waals surface area contributed by atoms with Crippen molar-refractivity contribution in [2.45, 2.75) is 4.90 Å². The Hall–Kier alpha value is -2.50. The van der Waals surface area contributed by atoms with Gasteiger partial charge < -0.3 is 4.74 Å². The van der Waals surface area contributed by atoms with Crippen molar-refractivity contribution in [2.24, 2.45) is 5.14 Å². The molecule has 1 heterocycles. The maximum atomic E-state index is 14.3. The van der Waals surface area contributed by atoms with Gasteiger partial charge in [0.2, 0.25) is 15.9 Å². The number of hydrogen-bond donors (Lipinski definition) is 1. The Balaban J connectivity index is 2.89. The number of rotatable bonds is 3. The summed E-state index contributed by atoms with van der Waals surface area (Å²) in [4.78, 5) is 3.21. The van der Waals surface area contributed by atoms with E-state index in [1.807, 2.05) is 5.92 Å². The molecule has 0 radical (unpaired) electrons. The maximum Gasteiger partial charge on any atom is 0.244 e. The van der Waals surface area contributed by atoms with Crippen LogP contribution in [0.2, 0.25) is 0 Å². The summed E-state index contributed by atoms with van der Waals surface area (Å²) >= 11 is 0. The van der Waals surface area contributed by atoms with Gasteiger partial charge in [0.25, 0.3) is 0 Å². The molecule has 114 valence electrons. The van der Waals surface area contributed by atoms with Gasteiger partial charge in [-0.05, 0) is 18.2 Å². The van der Waals surface area contributed by atoms with Crippen molar-refractivity contribution in [1.82, 2.24) is 4.98 Å². The summed E-state index contributed by atoms with van der Waals surface area (Å²) in [6.45, 7) is 0.